The molecule has 2 aromatic carbocycles. The van der Waals surface area contributed by atoms with Crippen LogP contribution in [0.4, 0.5) is 14.6 Å². The highest BCUT2D eigenvalue weighted by Gasteiger charge is 2.13. The Kier molecular flexibility index (Phi) is 6.74. The summed E-state index contributed by atoms with van der Waals surface area (Å²) >= 11 is 0. The molecule has 4 rings (SSSR count). The maximum Gasteiger partial charge on any atom is 0.131 e. The van der Waals surface area contributed by atoms with Crippen LogP contribution in [0, 0.1) is 11.6 Å². The van der Waals surface area contributed by atoms with E-state index in [-0.39, 0.29) is 11.3 Å². The Bertz CT molecular complexity index is 1040. The Balaban J connectivity index is 1.57. The van der Waals surface area contributed by atoms with Crippen molar-refractivity contribution in [2.45, 2.75) is 6.42 Å². The lowest BCUT2D eigenvalue weighted by Crippen LogP contribution is -2.37. The SMILES string of the molecule is Oc1cccc(-c2cc(-c3cc(F)ccc3F)cc(NCCCN3CCOCC3)n2)c1. The predicted octanol–water partition coefficient (Wildman–Crippen LogP) is 4.53. The molecule has 1 saturated heterocycles. The van der Waals surface area contributed by atoms with Crippen molar-refractivity contribution in [3.63, 3.8) is 0 Å². The second-order valence-electron chi connectivity index (χ2n) is 7.54. The fourth-order valence-electron chi connectivity index (χ4n) is 3.65. The quantitative estimate of drug-likeness (QED) is 0.545. The number of nitrogens with one attached hydrogen (secondary N) is 1. The zero-order valence-electron chi connectivity index (χ0n) is 17.2. The molecule has 2 heterocycles. The first kappa shape index (κ1) is 21.2. The Morgan fingerprint density at radius 2 is 1.84 bits per heavy atom. The molecule has 1 aliphatic heterocycles. The van der Waals surface area contributed by atoms with Gasteiger partial charge in [-0.25, -0.2) is 13.8 Å². The van der Waals surface area contributed by atoms with E-state index in [1.807, 2.05) is 6.07 Å². The van der Waals surface area contributed by atoms with Crippen molar-refractivity contribution in [1.82, 2.24) is 9.88 Å². The largest absolute Gasteiger partial charge is 0.508 e. The third-order valence-corrected chi connectivity index (χ3v) is 5.27. The summed E-state index contributed by atoms with van der Waals surface area (Å²) in [6.07, 6.45) is 0.918. The molecular weight excluding hydrogens is 400 g/mol. The minimum absolute atomic E-state index is 0.113. The van der Waals surface area contributed by atoms with Gasteiger partial charge in [-0.2, -0.15) is 0 Å². The fourth-order valence-corrected chi connectivity index (χ4v) is 3.65. The summed E-state index contributed by atoms with van der Waals surface area (Å²) < 4.78 is 33.6. The molecule has 1 fully saturated rings. The molecule has 1 aromatic heterocycles. The molecule has 162 valence electrons. The van der Waals surface area contributed by atoms with Crippen molar-refractivity contribution < 1.29 is 18.6 Å². The lowest BCUT2D eigenvalue weighted by Gasteiger charge is -2.26. The summed E-state index contributed by atoms with van der Waals surface area (Å²) in [6.45, 7) is 5.06. The van der Waals surface area contributed by atoms with Crippen LogP contribution in [0.5, 0.6) is 5.75 Å². The molecule has 0 saturated carbocycles. The molecule has 0 radical (unpaired) electrons. The van der Waals surface area contributed by atoms with E-state index in [1.54, 1.807) is 30.3 Å². The monoisotopic (exact) mass is 425 g/mol. The number of hydrogen-bond donors (Lipinski definition) is 2. The van der Waals surface area contributed by atoms with Crippen molar-refractivity contribution in [3.8, 4) is 28.1 Å². The lowest BCUT2D eigenvalue weighted by atomic mass is 10.0. The third kappa shape index (κ3) is 5.57. The van der Waals surface area contributed by atoms with Gasteiger partial charge >= 0.3 is 0 Å². The van der Waals surface area contributed by atoms with E-state index in [0.717, 1.165) is 51.4 Å². The standard InChI is InChI=1S/C24H25F2N3O2/c25-19-5-6-22(26)21(16-19)18-14-23(17-3-1-4-20(30)13-17)28-24(15-18)27-7-2-8-29-9-11-31-12-10-29/h1,3-6,13-16,30H,2,7-12H2,(H,27,28). The average molecular weight is 425 g/mol. The minimum atomic E-state index is -0.507. The molecule has 0 spiro atoms. The van der Waals surface area contributed by atoms with Gasteiger partial charge in [0, 0.05) is 30.8 Å². The van der Waals surface area contributed by atoms with Gasteiger partial charge in [0.15, 0.2) is 0 Å². The maximum atomic E-state index is 14.4. The van der Waals surface area contributed by atoms with E-state index in [0.29, 0.717) is 29.2 Å². The van der Waals surface area contributed by atoms with Gasteiger partial charge in [-0.1, -0.05) is 12.1 Å². The zero-order chi connectivity index (χ0) is 21.6. The van der Waals surface area contributed by atoms with Gasteiger partial charge in [0.2, 0.25) is 0 Å². The highest BCUT2D eigenvalue weighted by Crippen LogP contribution is 2.31. The Hall–Kier alpha value is -3.03. The Morgan fingerprint density at radius 3 is 2.65 bits per heavy atom. The first-order chi connectivity index (χ1) is 15.1. The number of nitrogens with zero attached hydrogens (tertiary/aromatic N) is 2. The van der Waals surface area contributed by atoms with Crippen molar-refractivity contribution in [3.05, 3.63) is 66.2 Å². The molecule has 0 atom stereocenters. The smallest absolute Gasteiger partial charge is 0.131 e. The molecule has 31 heavy (non-hydrogen) atoms. The number of anilines is 1. The highest BCUT2D eigenvalue weighted by molar-refractivity contribution is 5.74. The van der Waals surface area contributed by atoms with Gasteiger partial charge in [-0.3, -0.25) is 4.90 Å². The summed E-state index contributed by atoms with van der Waals surface area (Å²) in [5, 5.41) is 13.1. The fraction of sp³-hybridized carbons (Fsp3) is 0.292. The van der Waals surface area contributed by atoms with Crippen molar-refractivity contribution in [2.75, 3.05) is 44.7 Å². The number of morpholine rings is 1. The number of hydrogen-bond acceptors (Lipinski definition) is 5. The normalized spacial score (nSPS) is 14.5. The van der Waals surface area contributed by atoms with Gasteiger partial charge in [-0.15, -0.1) is 0 Å². The maximum absolute atomic E-state index is 14.4. The van der Waals surface area contributed by atoms with E-state index in [2.05, 4.69) is 15.2 Å². The lowest BCUT2D eigenvalue weighted by molar-refractivity contribution is 0.0378. The van der Waals surface area contributed by atoms with Gasteiger partial charge in [0.25, 0.3) is 0 Å². The number of rotatable bonds is 7. The number of phenolic OH excluding ortho intramolecular Hbond substituents is 1. The zero-order valence-corrected chi connectivity index (χ0v) is 17.2. The van der Waals surface area contributed by atoms with Gasteiger partial charge in [0.05, 0.1) is 18.9 Å². The number of ether oxygens (including phenoxy) is 1. The van der Waals surface area contributed by atoms with Crippen LogP contribution >= 0.6 is 0 Å². The average Bonchev–Trinajstić information content (AvgIpc) is 2.79. The van der Waals surface area contributed by atoms with Crippen LogP contribution in [0.1, 0.15) is 6.42 Å². The van der Waals surface area contributed by atoms with Crippen LogP contribution in [-0.4, -0.2) is 54.4 Å². The summed E-state index contributed by atoms with van der Waals surface area (Å²) in [7, 11) is 0. The van der Waals surface area contributed by atoms with Crippen molar-refractivity contribution in [2.24, 2.45) is 0 Å². The Labute approximate surface area is 180 Å². The molecule has 5 nitrogen and oxygen atoms in total. The highest BCUT2D eigenvalue weighted by atomic mass is 19.1. The second-order valence-corrected chi connectivity index (χ2v) is 7.54. The number of halogens is 2. The van der Waals surface area contributed by atoms with E-state index in [9.17, 15) is 13.9 Å². The van der Waals surface area contributed by atoms with Crippen LogP contribution < -0.4 is 5.32 Å². The Morgan fingerprint density at radius 1 is 1.00 bits per heavy atom. The summed E-state index contributed by atoms with van der Waals surface area (Å²) in [5.74, 6) is -0.331. The first-order valence-corrected chi connectivity index (χ1v) is 10.4. The van der Waals surface area contributed by atoms with Crippen LogP contribution in [0.15, 0.2) is 54.6 Å². The van der Waals surface area contributed by atoms with E-state index < -0.39 is 11.6 Å². The third-order valence-electron chi connectivity index (χ3n) is 5.27. The van der Waals surface area contributed by atoms with Crippen LogP contribution in [0.2, 0.25) is 0 Å². The number of pyridine rings is 1. The topological polar surface area (TPSA) is 57.6 Å². The minimum Gasteiger partial charge on any atom is -0.508 e. The molecule has 0 amide bonds. The summed E-state index contributed by atoms with van der Waals surface area (Å²) in [4.78, 5) is 6.99. The van der Waals surface area contributed by atoms with E-state index in [1.165, 1.54) is 6.07 Å². The molecule has 0 unspecified atom stereocenters. The molecule has 0 bridgehead atoms. The second kappa shape index (κ2) is 9.85. The van der Waals surface area contributed by atoms with E-state index in [4.69, 9.17) is 4.74 Å². The molecule has 2 N–H and O–H groups in total. The molecule has 1 aliphatic rings. The number of aromatic nitrogens is 1. The van der Waals surface area contributed by atoms with Crippen LogP contribution in [-0.2, 0) is 4.74 Å². The van der Waals surface area contributed by atoms with Crippen LogP contribution in [0.3, 0.4) is 0 Å². The van der Waals surface area contributed by atoms with Crippen LogP contribution in [0.25, 0.3) is 22.4 Å². The summed E-state index contributed by atoms with van der Waals surface area (Å²) in [5.41, 5.74) is 1.93. The predicted molar refractivity (Wildman–Crippen MR) is 117 cm³/mol. The molecular formula is C24H25F2N3O2. The first-order valence-electron chi connectivity index (χ1n) is 10.4. The van der Waals surface area contributed by atoms with Gasteiger partial charge in [0.1, 0.15) is 23.2 Å². The number of phenols is 1. The van der Waals surface area contributed by atoms with Crippen molar-refractivity contribution >= 4 is 5.82 Å². The molecule has 0 aliphatic carbocycles. The number of aromatic hydroxyl groups is 1. The van der Waals surface area contributed by atoms with Crippen molar-refractivity contribution in [1.29, 1.82) is 0 Å². The van der Waals surface area contributed by atoms with Gasteiger partial charge < -0.3 is 15.2 Å². The molecule has 3 aromatic rings. The van der Waals surface area contributed by atoms with Gasteiger partial charge in [-0.05, 0) is 61.0 Å². The summed E-state index contributed by atoms with van der Waals surface area (Å²) in [6, 6.07) is 13.5. The molecule has 7 heteroatoms. The number of benzene rings is 2. The van der Waals surface area contributed by atoms with E-state index >= 15 is 0 Å².